The Hall–Kier alpha value is -2.67. The minimum Gasteiger partial charge on any atom is -0.481 e. The van der Waals surface area contributed by atoms with Gasteiger partial charge in [0.2, 0.25) is 0 Å². The van der Waals surface area contributed by atoms with E-state index in [1.54, 1.807) is 16.8 Å². The van der Waals surface area contributed by atoms with Gasteiger partial charge in [0.15, 0.2) is 0 Å². The van der Waals surface area contributed by atoms with Gasteiger partial charge in [-0.1, -0.05) is 37.3 Å². The molecule has 0 aliphatic heterocycles. The molecule has 0 saturated carbocycles. The van der Waals surface area contributed by atoms with Crippen LogP contribution in [0.5, 0.6) is 0 Å². The number of carboxylic acids is 1. The van der Waals surface area contributed by atoms with E-state index in [0.29, 0.717) is 16.9 Å². The number of hydrogen-bond donors (Lipinski definition) is 2. The Balaban J connectivity index is 1.85. The Morgan fingerprint density at radius 1 is 1.31 bits per heavy atom. The van der Waals surface area contributed by atoms with Crippen LogP contribution in [0.25, 0.3) is 10.2 Å². The highest BCUT2D eigenvalue weighted by molar-refractivity contribution is 7.20. The van der Waals surface area contributed by atoms with E-state index in [0.717, 1.165) is 15.9 Å². The predicted molar refractivity (Wildman–Crippen MR) is 102 cm³/mol. The topological polar surface area (TPSA) is 84.2 Å². The quantitative estimate of drug-likeness (QED) is 0.697. The third-order valence-corrected chi connectivity index (χ3v) is 6.01. The second-order valence-electron chi connectivity index (χ2n) is 6.33. The molecule has 1 amide bonds. The van der Waals surface area contributed by atoms with Crippen molar-refractivity contribution in [2.24, 2.45) is 7.05 Å². The third-order valence-electron chi connectivity index (χ3n) is 4.81. The minimum absolute atomic E-state index is 0.0349. The van der Waals surface area contributed by atoms with E-state index in [9.17, 15) is 14.7 Å². The van der Waals surface area contributed by atoms with Crippen molar-refractivity contribution in [2.45, 2.75) is 25.7 Å². The van der Waals surface area contributed by atoms with Gasteiger partial charge in [-0.2, -0.15) is 5.10 Å². The van der Waals surface area contributed by atoms with Crippen molar-refractivity contribution in [1.29, 1.82) is 0 Å². The van der Waals surface area contributed by atoms with E-state index < -0.39 is 11.4 Å². The van der Waals surface area contributed by atoms with Gasteiger partial charge < -0.3 is 10.4 Å². The van der Waals surface area contributed by atoms with Gasteiger partial charge in [-0.25, -0.2) is 0 Å². The summed E-state index contributed by atoms with van der Waals surface area (Å²) in [5.74, 6) is -1.21. The number of nitrogens with one attached hydrogen (secondary N) is 1. The fourth-order valence-corrected chi connectivity index (χ4v) is 4.21. The smallest absolute Gasteiger partial charge is 0.315 e. The third kappa shape index (κ3) is 2.99. The first-order chi connectivity index (χ1) is 12.4. The van der Waals surface area contributed by atoms with Crippen molar-refractivity contribution in [3.05, 3.63) is 52.5 Å². The van der Waals surface area contributed by atoms with Gasteiger partial charge in [0.25, 0.3) is 5.91 Å². The van der Waals surface area contributed by atoms with Crippen LogP contribution in [-0.4, -0.2) is 33.3 Å². The van der Waals surface area contributed by atoms with Crippen molar-refractivity contribution < 1.29 is 14.7 Å². The molecule has 3 aromatic rings. The zero-order valence-corrected chi connectivity index (χ0v) is 15.8. The number of thiophene rings is 1. The first kappa shape index (κ1) is 18.1. The van der Waals surface area contributed by atoms with E-state index in [1.807, 2.05) is 45.2 Å². The monoisotopic (exact) mass is 371 g/mol. The molecule has 0 aliphatic carbocycles. The summed E-state index contributed by atoms with van der Waals surface area (Å²) in [6, 6.07) is 10.9. The molecule has 3 rings (SSSR count). The lowest BCUT2D eigenvalue weighted by molar-refractivity contribution is -0.143. The van der Waals surface area contributed by atoms with Gasteiger partial charge >= 0.3 is 5.97 Å². The molecule has 0 aliphatic rings. The number of fused-ring (bicyclic) bond motifs is 1. The van der Waals surface area contributed by atoms with Crippen LogP contribution < -0.4 is 5.32 Å². The molecule has 2 N–H and O–H groups in total. The van der Waals surface area contributed by atoms with Crippen LogP contribution in [0, 0.1) is 6.92 Å². The molecule has 2 aromatic heterocycles. The highest BCUT2D eigenvalue weighted by Crippen LogP contribution is 2.30. The van der Waals surface area contributed by atoms with E-state index in [4.69, 9.17) is 0 Å². The molecule has 136 valence electrons. The van der Waals surface area contributed by atoms with Crippen LogP contribution in [0.3, 0.4) is 0 Å². The molecule has 7 heteroatoms. The summed E-state index contributed by atoms with van der Waals surface area (Å²) in [5.41, 5.74) is 0.410. The second-order valence-corrected chi connectivity index (χ2v) is 7.36. The number of carbonyl (C=O) groups is 2. The normalized spacial score (nSPS) is 13.5. The van der Waals surface area contributed by atoms with Crippen LogP contribution in [0.4, 0.5) is 0 Å². The average Bonchev–Trinajstić information content (AvgIpc) is 3.18. The standard InChI is InChI=1S/C19H21N3O3S/c1-4-19(18(24)25,13-8-6-5-7-9-13)11-20-16(23)15-10-14-12(2)21-22(3)17(14)26-15/h5-10H,4,11H2,1-3H3,(H,20,23)(H,24,25). The first-order valence-electron chi connectivity index (χ1n) is 8.39. The number of carbonyl (C=O) groups excluding carboxylic acids is 1. The molecule has 6 nitrogen and oxygen atoms in total. The lowest BCUT2D eigenvalue weighted by atomic mass is 9.78. The van der Waals surface area contributed by atoms with Crippen LogP contribution >= 0.6 is 11.3 Å². The number of nitrogens with zero attached hydrogens (tertiary/aromatic N) is 2. The summed E-state index contributed by atoms with van der Waals surface area (Å²) >= 11 is 1.36. The number of carboxylic acid groups (broad SMARTS) is 1. The van der Waals surface area contributed by atoms with E-state index in [2.05, 4.69) is 10.4 Å². The van der Waals surface area contributed by atoms with Crippen LogP contribution in [0.15, 0.2) is 36.4 Å². The largest absolute Gasteiger partial charge is 0.481 e. The first-order valence-corrected chi connectivity index (χ1v) is 9.21. The fourth-order valence-electron chi connectivity index (χ4n) is 3.17. The summed E-state index contributed by atoms with van der Waals surface area (Å²) in [5, 5.41) is 18.0. The summed E-state index contributed by atoms with van der Waals surface area (Å²) in [4.78, 5) is 26.1. The summed E-state index contributed by atoms with van der Waals surface area (Å²) in [7, 11) is 1.84. The molecule has 1 aromatic carbocycles. The van der Waals surface area contributed by atoms with Gasteiger partial charge in [-0.15, -0.1) is 11.3 Å². The molecule has 1 unspecified atom stereocenters. The lowest BCUT2D eigenvalue weighted by Gasteiger charge is -2.29. The maximum Gasteiger partial charge on any atom is 0.315 e. The Morgan fingerprint density at radius 3 is 2.58 bits per heavy atom. The van der Waals surface area contributed by atoms with Gasteiger partial charge in [0.1, 0.15) is 10.2 Å². The van der Waals surface area contributed by atoms with Crippen molar-refractivity contribution in [3.63, 3.8) is 0 Å². The summed E-state index contributed by atoms with van der Waals surface area (Å²) in [6.07, 6.45) is 0.377. The highest BCUT2D eigenvalue weighted by atomic mass is 32.1. The molecule has 0 spiro atoms. The molecule has 1 atom stereocenters. The number of benzene rings is 1. The Labute approximate surface area is 155 Å². The molecular formula is C19H21N3O3S. The lowest BCUT2D eigenvalue weighted by Crippen LogP contribution is -2.46. The summed E-state index contributed by atoms with van der Waals surface area (Å²) < 4.78 is 1.75. The van der Waals surface area contributed by atoms with Crippen molar-refractivity contribution in [1.82, 2.24) is 15.1 Å². The molecule has 2 heterocycles. The maximum absolute atomic E-state index is 12.6. The number of hydrogen-bond acceptors (Lipinski definition) is 4. The Bertz CT molecular complexity index is 927. The zero-order chi connectivity index (χ0) is 18.9. The maximum atomic E-state index is 12.6. The number of amides is 1. The molecule has 26 heavy (non-hydrogen) atoms. The predicted octanol–water partition coefficient (Wildman–Crippen LogP) is 3.11. The van der Waals surface area contributed by atoms with Crippen LogP contribution in [0.2, 0.25) is 0 Å². The molecule has 0 radical (unpaired) electrons. The fraction of sp³-hybridized carbons (Fsp3) is 0.316. The van der Waals surface area contributed by atoms with E-state index >= 15 is 0 Å². The number of aryl methyl sites for hydroxylation is 2. The van der Waals surface area contributed by atoms with Crippen molar-refractivity contribution in [3.8, 4) is 0 Å². The highest BCUT2D eigenvalue weighted by Gasteiger charge is 2.39. The Kier molecular flexibility index (Phi) is 4.82. The van der Waals surface area contributed by atoms with Gasteiger partial charge in [0, 0.05) is 19.0 Å². The van der Waals surface area contributed by atoms with E-state index in [-0.39, 0.29) is 12.5 Å². The summed E-state index contributed by atoms with van der Waals surface area (Å²) in [6.45, 7) is 3.76. The second kappa shape index (κ2) is 6.92. The van der Waals surface area contributed by atoms with Crippen LogP contribution in [-0.2, 0) is 17.3 Å². The molecule has 0 fully saturated rings. The van der Waals surface area contributed by atoms with Gasteiger partial charge in [-0.05, 0) is 25.0 Å². The van der Waals surface area contributed by atoms with Crippen molar-refractivity contribution in [2.75, 3.05) is 6.54 Å². The molecule has 0 saturated heterocycles. The molecular weight excluding hydrogens is 350 g/mol. The molecule has 0 bridgehead atoms. The van der Waals surface area contributed by atoms with Crippen molar-refractivity contribution >= 4 is 33.4 Å². The van der Waals surface area contributed by atoms with Crippen LogP contribution in [0.1, 0.15) is 34.3 Å². The minimum atomic E-state index is -1.15. The Morgan fingerprint density at radius 2 is 2.00 bits per heavy atom. The zero-order valence-electron chi connectivity index (χ0n) is 14.9. The number of aromatic nitrogens is 2. The number of aliphatic carboxylic acids is 1. The number of rotatable bonds is 6. The van der Waals surface area contributed by atoms with Gasteiger partial charge in [-0.3, -0.25) is 14.3 Å². The van der Waals surface area contributed by atoms with E-state index in [1.165, 1.54) is 11.3 Å². The average molecular weight is 371 g/mol. The van der Waals surface area contributed by atoms with Gasteiger partial charge in [0.05, 0.1) is 10.6 Å². The SMILES string of the molecule is CCC(CNC(=O)c1cc2c(C)nn(C)c2s1)(C(=O)O)c1ccccc1.